The van der Waals surface area contributed by atoms with E-state index in [1.54, 1.807) is 0 Å². The molecule has 1 N–H and O–H groups in total. The van der Waals surface area contributed by atoms with Crippen LogP contribution in [0.1, 0.15) is 25.0 Å². The van der Waals surface area contributed by atoms with E-state index in [2.05, 4.69) is 65.4 Å². The van der Waals surface area contributed by atoms with Crippen LogP contribution in [0.15, 0.2) is 48.8 Å². The molecular weight excluding hydrogens is 246 g/mol. The van der Waals surface area contributed by atoms with Gasteiger partial charge in [-0.15, -0.1) is 0 Å². The van der Waals surface area contributed by atoms with Crippen molar-refractivity contribution in [3.63, 3.8) is 0 Å². The molecule has 0 bridgehead atoms. The number of nitrogens with one attached hydrogen (secondary N) is 1. The van der Waals surface area contributed by atoms with Gasteiger partial charge in [-0.3, -0.25) is 4.98 Å². The Kier molecular flexibility index (Phi) is 5.56. The van der Waals surface area contributed by atoms with Crippen molar-refractivity contribution in [1.82, 2.24) is 10.3 Å². The zero-order chi connectivity index (χ0) is 14.2. The van der Waals surface area contributed by atoms with Gasteiger partial charge in [0.25, 0.3) is 0 Å². The summed E-state index contributed by atoms with van der Waals surface area (Å²) in [6.45, 7) is 8.15. The summed E-state index contributed by atoms with van der Waals surface area (Å²) in [6.07, 6.45) is 3.71. The van der Waals surface area contributed by atoms with Gasteiger partial charge in [-0.1, -0.05) is 25.1 Å². The van der Waals surface area contributed by atoms with Crippen molar-refractivity contribution in [2.24, 2.45) is 0 Å². The van der Waals surface area contributed by atoms with Gasteiger partial charge in [0.15, 0.2) is 0 Å². The van der Waals surface area contributed by atoms with E-state index in [1.165, 1.54) is 16.8 Å². The molecule has 0 atom stereocenters. The van der Waals surface area contributed by atoms with Crippen LogP contribution < -0.4 is 10.2 Å². The maximum atomic E-state index is 4.08. The van der Waals surface area contributed by atoms with Crippen molar-refractivity contribution >= 4 is 5.69 Å². The molecule has 2 aromatic rings. The first-order valence-electron chi connectivity index (χ1n) is 7.27. The lowest BCUT2D eigenvalue weighted by atomic mass is 10.1. The average molecular weight is 269 g/mol. The molecular formula is C17H23N3. The summed E-state index contributed by atoms with van der Waals surface area (Å²) in [4.78, 5) is 6.49. The van der Waals surface area contributed by atoms with Crippen molar-refractivity contribution < 1.29 is 0 Å². The van der Waals surface area contributed by atoms with Gasteiger partial charge in [0.1, 0.15) is 0 Å². The molecule has 0 saturated carbocycles. The Labute approximate surface area is 121 Å². The fourth-order valence-electron chi connectivity index (χ4n) is 2.30. The maximum absolute atomic E-state index is 4.08. The molecule has 0 spiro atoms. The van der Waals surface area contributed by atoms with Crippen LogP contribution in [-0.4, -0.2) is 18.1 Å². The number of pyridine rings is 1. The van der Waals surface area contributed by atoms with Gasteiger partial charge in [0.2, 0.25) is 0 Å². The Balaban J connectivity index is 2.18. The van der Waals surface area contributed by atoms with E-state index in [0.29, 0.717) is 0 Å². The largest absolute Gasteiger partial charge is 0.367 e. The number of anilines is 1. The average Bonchev–Trinajstić information content (AvgIpc) is 2.52. The summed E-state index contributed by atoms with van der Waals surface area (Å²) in [7, 11) is 0. The van der Waals surface area contributed by atoms with Crippen LogP contribution in [0.3, 0.4) is 0 Å². The van der Waals surface area contributed by atoms with Crippen molar-refractivity contribution in [3.05, 3.63) is 59.9 Å². The number of para-hydroxylation sites is 1. The molecule has 3 nitrogen and oxygen atoms in total. The molecule has 3 heteroatoms. The summed E-state index contributed by atoms with van der Waals surface area (Å²) in [5.41, 5.74) is 3.96. The topological polar surface area (TPSA) is 28.2 Å². The molecule has 0 fully saturated rings. The molecule has 0 radical (unpaired) electrons. The van der Waals surface area contributed by atoms with Crippen molar-refractivity contribution in [3.8, 4) is 0 Å². The first-order chi connectivity index (χ1) is 9.85. The zero-order valence-electron chi connectivity index (χ0n) is 12.3. The predicted molar refractivity (Wildman–Crippen MR) is 84.8 cm³/mol. The minimum atomic E-state index is 0.916. The molecule has 0 aliphatic rings. The maximum Gasteiger partial charge on any atom is 0.0430 e. The lowest BCUT2D eigenvalue weighted by molar-refractivity contribution is 0.719. The summed E-state index contributed by atoms with van der Waals surface area (Å²) in [5, 5.41) is 3.41. The van der Waals surface area contributed by atoms with Crippen LogP contribution in [0.25, 0.3) is 0 Å². The molecule has 20 heavy (non-hydrogen) atoms. The van der Waals surface area contributed by atoms with Gasteiger partial charge in [0, 0.05) is 37.7 Å². The summed E-state index contributed by atoms with van der Waals surface area (Å²) in [5.74, 6) is 0. The highest BCUT2D eigenvalue weighted by molar-refractivity contribution is 5.53. The second-order valence-electron chi connectivity index (χ2n) is 4.78. The highest BCUT2D eigenvalue weighted by Crippen LogP contribution is 2.22. The van der Waals surface area contributed by atoms with E-state index >= 15 is 0 Å². The van der Waals surface area contributed by atoms with Crippen LogP contribution in [-0.2, 0) is 13.1 Å². The fourth-order valence-corrected chi connectivity index (χ4v) is 2.30. The highest BCUT2D eigenvalue weighted by atomic mass is 15.1. The molecule has 2 rings (SSSR count). The van der Waals surface area contributed by atoms with Crippen LogP contribution in [0, 0.1) is 0 Å². The molecule has 0 aliphatic heterocycles. The Morgan fingerprint density at radius 1 is 1.05 bits per heavy atom. The number of rotatable bonds is 7. The molecule has 1 aromatic carbocycles. The molecule has 1 heterocycles. The first-order valence-corrected chi connectivity index (χ1v) is 7.27. The van der Waals surface area contributed by atoms with Gasteiger partial charge in [0.05, 0.1) is 0 Å². The van der Waals surface area contributed by atoms with Crippen LogP contribution in [0.5, 0.6) is 0 Å². The second kappa shape index (κ2) is 7.65. The lowest BCUT2D eigenvalue weighted by Crippen LogP contribution is -2.24. The van der Waals surface area contributed by atoms with E-state index in [1.807, 2.05) is 12.4 Å². The zero-order valence-corrected chi connectivity index (χ0v) is 12.3. The van der Waals surface area contributed by atoms with Crippen LogP contribution >= 0.6 is 0 Å². The van der Waals surface area contributed by atoms with Gasteiger partial charge in [-0.05, 0) is 42.8 Å². The smallest absolute Gasteiger partial charge is 0.0430 e. The summed E-state index contributed by atoms with van der Waals surface area (Å²) in [6, 6.07) is 12.8. The van der Waals surface area contributed by atoms with Crippen molar-refractivity contribution in [1.29, 1.82) is 0 Å². The third kappa shape index (κ3) is 3.81. The number of aromatic nitrogens is 1. The summed E-state index contributed by atoms with van der Waals surface area (Å²) >= 11 is 0. The molecule has 106 valence electrons. The number of hydrogen-bond donors (Lipinski definition) is 1. The lowest BCUT2D eigenvalue weighted by Gasteiger charge is -2.26. The van der Waals surface area contributed by atoms with E-state index in [9.17, 15) is 0 Å². The SMILES string of the molecule is CCNCc1ccccc1N(CC)Cc1ccncc1. The molecule has 0 unspecified atom stereocenters. The van der Waals surface area contributed by atoms with Crippen molar-refractivity contribution in [2.75, 3.05) is 18.0 Å². The van der Waals surface area contributed by atoms with E-state index in [4.69, 9.17) is 0 Å². The minimum absolute atomic E-state index is 0.916. The Morgan fingerprint density at radius 2 is 1.80 bits per heavy atom. The third-order valence-electron chi connectivity index (χ3n) is 3.40. The van der Waals surface area contributed by atoms with E-state index in [0.717, 1.165) is 26.2 Å². The number of nitrogens with zero attached hydrogens (tertiary/aromatic N) is 2. The van der Waals surface area contributed by atoms with Gasteiger partial charge < -0.3 is 10.2 Å². The molecule has 0 amide bonds. The van der Waals surface area contributed by atoms with Gasteiger partial charge in [-0.25, -0.2) is 0 Å². The summed E-state index contributed by atoms with van der Waals surface area (Å²) < 4.78 is 0. The van der Waals surface area contributed by atoms with Crippen LogP contribution in [0.4, 0.5) is 5.69 Å². The number of benzene rings is 1. The number of hydrogen-bond acceptors (Lipinski definition) is 3. The quantitative estimate of drug-likeness (QED) is 0.836. The molecule has 0 aliphatic carbocycles. The van der Waals surface area contributed by atoms with Crippen molar-refractivity contribution in [2.45, 2.75) is 26.9 Å². The first kappa shape index (κ1) is 14.5. The van der Waals surface area contributed by atoms with E-state index in [-0.39, 0.29) is 0 Å². The van der Waals surface area contributed by atoms with Crippen LogP contribution in [0.2, 0.25) is 0 Å². The standard InChI is InChI=1S/C17H23N3/c1-3-18-13-16-7-5-6-8-17(16)20(4-2)14-15-9-11-19-12-10-15/h5-12,18H,3-4,13-14H2,1-2H3. The van der Waals surface area contributed by atoms with E-state index < -0.39 is 0 Å². The second-order valence-corrected chi connectivity index (χ2v) is 4.78. The Hall–Kier alpha value is -1.87. The van der Waals surface area contributed by atoms with Gasteiger partial charge in [-0.2, -0.15) is 0 Å². The third-order valence-corrected chi connectivity index (χ3v) is 3.40. The normalized spacial score (nSPS) is 10.5. The molecule has 1 aromatic heterocycles. The predicted octanol–water partition coefficient (Wildman–Crippen LogP) is 3.22. The Bertz CT molecular complexity index is 511. The Morgan fingerprint density at radius 3 is 2.50 bits per heavy atom. The molecule has 0 saturated heterocycles. The highest BCUT2D eigenvalue weighted by Gasteiger charge is 2.09. The fraction of sp³-hybridized carbons (Fsp3) is 0.353. The minimum Gasteiger partial charge on any atom is -0.367 e. The monoisotopic (exact) mass is 269 g/mol. The van der Waals surface area contributed by atoms with Gasteiger partial charge >= 0.3 is 0 Å².